The van der Waals surface area contributed by atoms with Crippen LogP contribution in [0, 0.1) is 11.3 Å². The molecular formula is C22H20N2O. The van der Waals surface area contributed by atoms with Gasteiger partial charge in [-0.2, -0.15) is 5.26 Å². The Kier molecular flexibility index (Phi) is 3.51. The van der Waals surface area contributed by atoms with Crippen LogP contribution in [0.4, 0.5) is 0 Å². The average Bonchev–Trinajstić information content (AvgIpc) is 2.65. The van der Waals surface area contributed by atoms with E-state index in [2.05, 4.69) is 36.2 Å². The lowest BCUT2D eigenvalue weighted by atomic mass is 9.55. The van der Waals surface area contributed by atoms with Crippen molar-refractivity contribution in [1.29, 1.82) is 5.26 Å². The number of H-pyrrole nitrogens is 1. The van der Waals surface area contributed by atoms with E-state index in [1.165, 1.54) is 5.56 Å². The summed E-state index contributed by atoms with van der Waals surface area (Å²) in [6, 6.07) is 18.9. The molecule has 1 aliphatic carbocycles. The van der Waals surface area contributed by atoms with Crippen LogP contribution < -0.4 is 5.56 Å². The highest BCUT2D eigenvalue weighted by Gasteiger charge is 2.50. The summed E-state index contributed by atoms with van der Waals surface area (Å²) in [4.78, 5) is 15.1. The van der Waals surface area contributed by atoms with Gasteiger partial charge in [-0.3, -0.25) is 4.79 Å². The van der Waals surface area contributed by atoms with Crippen molar-refractivity contribution in [3.05, 3.63) is 81.1 Å². The van der Waals surface area contributed by atoms with Crippen molar-refractivity contribution in [2.75, 3.05) is 0 Å². The second kappa shape index (κ2) is 5.60. The van der Waals surface area contributed by atoms with Crippen molar-refractivity contribution in [3.63, 3.8) is 0 Å². The molecule has 0 amide bonds. The van der Waals surface area contributed by atoms with Crippen molar-refractivity contribution < 1.29 is 0 Å². The Labute approximate surface area is 146 Å². The number of aryl methyl sites for hydroxylation is 1. The van der Waals surface area contributed by atoms with Gasteiger partial charge >= 0.3 is 0 Å². The first-order chi connectivity index (χ1) is 12.1. The maximum atomic E-state index is 12.1. The zero-order valence-electron chi connectivity index (χ0n) is 14.5. The number of fused-ring (bicyclic) bond motifs is 2. The molecule has 0 saturated carbocycles. The molecule has 25 heavy (non-hydrogen) atoms. The molecule has 1 aromatic heterocycles. The summed E-state index contributed by atoms with van der Waals surface area (Å²) in [6.07, 6.45) is 1.41. The van der Waals surface area contributed by atoms with Crippen LogP contribution in [0.3, 0.4) is 0 Å². The summed E-state index contributed by atoms with van der Waals surface area (Å²) in [5, 5.41) is 11.1. The Hall–Kier alpha value is -2.86. The molecule has 0 saturated heterocycles. The fourth-order valence-electron chi connectivity index (χ4n) is 4.11. The summed E-state index contributed by atoms with van der Waals surface area (Å²) in [6.45, 7) is 4.12. The molecule has 2 aromatic carbocycles. The first-order valence-corrected chi connectivity index (χ1v) is 8.74. The predicted octanol–water partition coefficient (Wildman–Crippen LogP) is 4.21. The van der Waals surface area contributed by atoms with Gasteiger partial charge in [0.1, 0.15) is 0 Å². The lowest BCUT2D eigenvalue weighted by molar-refractivity contribution is 0.392. The summed E-state index contributed by atoms with van der Waals surface area (Å²) < 4.78 is 0. The zero-order valence-corrected chi connectivity index (χ0v) is 14.5. The van der Waals surface area contributed by atoms with Gasteiger partial charge < -0.3 is 4.98 Å². The average molecular weight is 328 g/mol. The quantitative estimate of drug-likeness (QED) is 0.783. The molecule has 0 fully saturated rings. The van der Waals surface area contributed by atoms with Crippen LogP contribution in [0.25, 0.3) is 10.9 Å². The Morgan fingerprint density at radius 2 is 1.96 bits per heavy atom. The third-order valence-corrected chi connectivity index (χ3v) is 5.68. The van der Waals surface area contributed by atoms with E-state index in [1.807, 2.05) is 37.3 Å². The van der Waals surface area contributed by atoms with Gasteiger partial charge in [-0.25, -0.2) is 0 Å². The molecule has 1 N–H and O–H groups in total. The van der Waals surface area contributed by atoms with Crippen LogP contribution in [0.5, 0.6) is 0 Å². The number of pyridine rings is 1. The number of hydrogen-bond acceptors (Lipinski definition) is 2. The largest absolute Gasteiger partial charge is 0.322 e. The Bertz CT molecular complexity index is 1060. The van der Waals surface area contributed by atoms with Gasteiger partial charge in [0.05, 0.1) is 11.5 Å². The van der Waals surface area contributed by atoms with Gasteiger partial charge in [-0.15, -0.1) is 0 Å². The second-order valence-electron chi connectivity index (χ2n) is 6.97. The number of nitrogens with zero attached hydrogens (tertiary/aromatic N) is 1. The SMILES string of the molecule is CCc1cc2cc3c(cc2[nH]c1=O)C(C#N)(Cc1ccccc1)C3C. The molecule has 0 aliphatic heterocycles. The highest BCUT2D eigenvalue weighted by atomic mass is 16.1. The van der Waals surface area contributed by atoms with E-state index in [4.69, 9.17) is 0 Å². The highest BCUT2D eigenvalue weighted by Crippen LogP contribution is 2.53. The molecule has 1 aliphatic rings. The number of nitriles is 1. The number of nitrogens with one attached hydrogen (secondary N) is 1. The minimum atomic E-state index is -0.523. The van der Waals surface area contributed by atoms with Gasteiger partial charge in [0.25, 0.3) is 5.56 Å². The molecule has 0 spiro atoms. The summed E-state index contributed by atoms with van der Waals surface area (Å²) in [5.41, 5.74) is 4.50. The number of aromatic nitrogens is 1. The third kappa shape index (κ3) is 2.21. The molecule has 3 nitrogen and oxygen atoms in total. The van der Waals surface area contributed by atoms with Crippen molar-refractivity contribution in [1.82, 2.24) is 4.98 Å². The maximum Gasteiger partial charge on any atom is 0.251 e. The van der Waals surface area contributed by atoms with E-state index in [-0.39, 0.29) is 11.5 Å². The van der Waals surface area contributed by atoms with Crippen LogP contribution in [0.15, 0.2) is 53.3 Å². The van der Waals surface area contributed by atoms with Crippen molar-refractivity contribution >= 4 is 10.9 Å². The standard InChI is InChI=1S/C22H20N2O/c1-3-16-9-17-10-18-14(2)22(13-23,12-15-7-5-4-6-8-15)19(18)11-20(17)24-21(16)25/h4-11,14H,3,12H2,1-2H3,(H,24,25). The topological polar surface area (TPSA) is 56.6 Å². The van der Waals surface area contributed by atoms with Crippen molar-refractivity contribution in [3.8, 4) is 6.07 Å². The first kappa shape index (κ1) is 15.7. The van der Waals surface area contributed by atoms with Crippen molar-refractivity contribution in [2.45, 2.75) is 38.0 Å². The van der Waals surface area contributed by atoms with Crippen LogP contribution in [0.1, 0.15) is 42.0 Å². The Balaban J connectivity index is 1.86. The normalized spacial score (nSPS) is 21.4. The van der Waals surface area contributed by atoms with Gasteiger partial charge in [0, 0.05) is 17.0 Å². The van der Waals surface area contributed by atoms with Crippen LogP contribution in [0.2, 0.25) is 0 Å². The van der Waals surface area contributed by atoms with E-state index < -0.39 is 5.41 Å². The molecule has 4 rings (SSSR count). The van der Waals surface area contributed by atoms with E-state index in [0.29, 0.717) is 12.8 Å². The van der Waals surface area contributed by atoms with Gasteiger partial charge in [0.15, 0.2) is 0 Å². The van der Waals surface area contributed by atoms with E-state index in [9.17, 15) is 10.1 Å². The number of benzene rings is 2. The molecule has 0 bridgehead atoms. The molecule has 3 heteroatoms. The van der Waals surface area contributed by atoms with E-state index >= 15 is 0 Å². The minimum absolute atomic E-state index is 0.0343. The summed E-state index contributed by atoms with van der Waals surface area (Å²) in [7, 11) is 0. The number of rotatable bonds is 3. The molecule has 124 valence electrons. The fraction of sp³-hybridized carbons (Fsp3) is 0.273. The smallest absolute Gasteiger partial charge is 0.251 e. The van der Waals surface area contributed by atoms with Gasteiger partial charge in [-0.05, 0) is 53.1 Å². The lowest BCUT2D eigenvalue weighted by Gasteiger charge is -2.45. The van der Waals surface area contributed by atoms with E-state index in [0.717, 1.165) is 27.6 Å². The lowest BCUT2D eigenvalue weighted by Crippen LogP contribution is -2.43. The molecular weight excluding hydrogens is 308 g/mol. The van der Waals surface area contributed by atoms with Crippen molar-refractivity contribution in [2.24, 2.45) is 0 Å². The number of aromatic amines is 1. The second-order valence-corrected chi connectivity index (χ2v) is 6.97. The molecule has 1 heterocycles. The maximum absolute atomic E-state index is 12.1. The van der Waals surface area contributed by atoms with Crippen LogP contribution >= 0.6 is 0 Å². The molecule has 2 unspecified atom stereocenters. The Morgan fingerprint density at radius 1 is 1.20 bits per heavy atom. The monoisotopic (exact) mass is 328 g/mol. The molecule has 3 aromatic rings. The van der Waals surface area contributed by atoms with Crippen LogP contribution in [-0.4, -0.2) is 4.98 Å². The fourth-order valence-corrected chi connectivity index (χ4v) is 4.11. The zero-order chi connectivity index (χ0) is 17.6. The first-order valence-electron chi connectivity index (χ1n) is 8.74. The Morgan fingerprint density at radius 3 is 2.64 bits per heavy atom. The number of hydrogen-bond donors (Lipinski definition) is 1. The van der Waals surface area contributed by atoms with E-state index in [1.54, 1.807) is 0 Å². The predicted molar refractivity (Wildman–Crippen MR) is 99.8 cm³/mol. The van der Waals surface area contributed by atoms with Crippen LogP contribution in [-0.2, 0) is 18.3 Å². The molecule has 0 radical (unpaired) electrons. The summed E-state index contributed by atoms with van der Waals surface area (Å²) in [5.74, 6) is 0.175. The minimum Gasteiger partial charge on any atom is -0.322 e. The highest BCUT2D eigenvalue weighted by molar-refractivity contribution is 5.83. The summed E-state index contributed by atoms with van der Waals surface area (Å²) >= 11 is 0. The van der Waals surface area contributed by atoms with Gasteiger partial charge in [0.2, 0.25) is 0 Å². The molecule has 2 atom stereocenters. The third-order valence-electron chi connectivity index (χ3n) is 5.68. The van der Waals surface area contributed by atoms with Gasteiger partial charge in [-0.1, -0.05) is 44.2 Å².